The minimum absolute atomic E-state index is 0.234. The molecule has 2 N–H and O–H groups in total. The molecule has 0 unspecified atom stereocenters. The maximum Gasteiger partial charge on any atom is 0.123 e. The molecule has 4 heteroatoms. The molecule has 0 bridgehead atoms. The number of rotatable bonds is 2. The molecule has 1 aromatic carbocycles. The van der Waals surface area contributed by atoms with E-state index in [1.165, 1.54) is 12.1 Å². The van der Waals surface area contributed by atoms with E-state index in [2.05, 4.69) is 32.6 Å². The topological polar surface area (TPSA) is 38.5 Å². The third-order valence-corrected chi connectivity index (χ3v) is 3.30. The van der Waals surface area contributed by atoms with Crippen LogP contribution in [0.3, 0.4) is 0 Å². The van der Waals surface area contributed by atoms with Crippen LogP contribution in [0.2, 0.25) is 0 Å². The monoisotopic (exact) mass is 266 g/mol. The third-order valence-electron chi connectivity index (χ3n) is 3.30. The Bertz CT molecular complexity index is 455. The number of ether oxygens (including phenoxy) is 1. The van der Waals surface area contributed by atoms with Crippen LogP contribution in [-0.2, 0) is 11.3 Å². The molecule has 2 rings (SSSR count). The smallest absolute Gasteiger partial charge is 0.123 e. The van der Waals surface area contributed by atoms with Gasteiger partial charge in [-0.1, -0.05) is 0 Å². The maximum atomic E-state index is 13.3. The van der Waals surface area contributed by atoms with Gasteiger partial charge in [0.2, 0.25) is 0 Å². The molecule has 1 heterocycles. The van der Waals surface area contributed by atoms with Gasteiger partial charge in [-0.25, -0.2) is 4.39 Å². The SMILES string of the molecule is CC1(C)CN(c2ccc(F)cc2CN)CC(C)(C)O1. The zero-order valence-electron chi connectivity index (χ0n) is 12.2. The molecular formula is C15H23FN2O. The van der Waals surface area contributed by atoms with Crippen LogP contribution in [0.1, 0.15) is 33.3 Å². The highest BCUT2D eigenvalue weighted by Gasteiger charge is 2.38. The van der Waals surface area contributed by atoms with E-state index in [1.54, 1.807) is 0 Å². The Labute approximate surface area is 114 Å². The van der Waals surface area contributed by atoms with Crippen LogP contribution in [0.15, 0.2) is 18.2 Å². The molecule has 106 valence electrons. The van der Waals surface area contributed by atoms with Crippen molar-refractivity contribution in [2.75, 3.05) is 18.0 Å². The maximum absolute atomic E-state index is 13.3. The minimum Gasteiger partial charge on any atom is -0.366 e. The fraction of sp³-hybridized carbons (Fsp3) is 0.600. The average molecular weight is 266 g/mol. The van der Waals surface area contributed by atoms with Crippen molar-refractivity contribution >= 4 is 5.69 Å². The molecule has 0 spiro atoms. The molecule has 1 aliphatic rings. The molecule has 1 fully saturated rings. The highest BCUT2D eigenvalue weighted by molar-refractivity contribution is 5.55. The Balaban J connectivity index is 2.35. The summed E-state index contributed by atoms with van der Waals surface area (Å²) < 4.78 is 19.4. The van der Waals surface area contributed by atoms with Crippen LogP contribution >= 0.6 is 0 Å². The second-order valence-corrected chi connectivity index (χ2v) is 6.45. The second-order valence-electron chi connectivity index (χ2n) is 6.45. The number of hydrogen-bond acceptors (Lipinski definition) is 3. The van der Waals surface area contributed by atoms with E-state index in [4.69, 9.17) is 10.5 Å². The predicted octanol–water partition coefficient (Wildman–Crippen LogP) is 2.68. The van der Waals surface area contributed by atoms with E-state index in [0.29, 0.717) is 6.54 Å². The first-order valence-corrected chi connectivity index (χ1v) is 6.66. The van der Waals surface area contributed by atoms with E-state index >= 15 is 0 Å². The van der Waals surface area contributed by atoms with Gasteiger partial charge in [-0.05, 0) is 51.5 Å². The van der Waals surface area contributed by atoms with Gasteiger partial charge in [-0.15, -0.1) is 0 Å². The number of benzene rings is 1. The third kappa shape index (κ3) is 3.25. The van der Waals surface area contributed by atoms with E-state index in [-0.39, 0.29) is 17.0 Å². The van der Waals surface area contributed by atoms with E-state index < -0.39 is 0 Å². The lowest BCUT2D eigenvalue weighted by Crippen LogP contribution is -2.57. The molecular weight excluding hydrogens is 243 g/mol. The normalized spacial score (nSPS) is 21.5. The van der Waals surface area contributed by atoms with Crippen molar-refractivity contribution in [1.29, 1.82) is 0 Å². The number of halogens is 1. The van der Waals surface area contributed by atoms with Gasteiger partial charge < -0.3 is 15.4 Å². The Kier molecular flexibility index (Phi) is 3.58. The standard InChI is InChI=1S/C15H23FN2O/c1-14(2)9-18(10-15(3,4)19-14)13-6-5-12(16)7-11(13)8-17/h5-7H,8-10,17H2,1-4H3. The predicted molar refractivity (Wildman–Crippen MR) is 75.7 cm³/mol. The largest absolute Gasteiger partial charge is 0.366 e. The van der Waals surface area contributed by atoms with Crippen molar-refractivity contribution in [3.8, 4) is 0 Å². The van der Waals surface area contributed by atoms with Gasteiger partial charge in [0.05, 0.1) is 11.2 Å². The van der Waals surface area contributed by atoms with Crippen molar-refractivity contribution in [2.24, 2.45) is 5.73 Å². The Morgan fingerprint density at radius 1 is 1.21 bits per heavy atom. The van der Waals surface area contributed by atoms with Crippen molar-refractivity contribution < 1.29 is 9.13 Å². The Morgan fingerprint density at radius 3 is 2.32 bits per heavy atom. The molecule has 1 aliphatic heterocycles. The molecule has 1 aromatic rings. The number of morpholine rings is 1. The van der Waals surface area contributed by atoms with Gasteiger partial charge in [-0.2, -0.15) is 0 Å². The number of nitrogens with two attached hydrogens (primary N) is 1. The summed E-state index contributed by atoms with van der Waals surface area (Å²) in [6, 6.07) is 4.82. The molecule has 19 heavy (non-hydrogen) atoms. The van der Waals surface area contributed by atoms with E-state index in [0.717, 1.165) is 24.3 Å². The lowest BCUT2D eigenvalue weighted by atomic mass is 9.97. The van der Waals surface area contributed by atoms with Crippen LogP contribution < -0.4 is 10.6 Å². The van der Waals surface area contributed by atoms with Crippen LogP contribution in [-0.4, -0.2) is 24.3 Å². The first kappa shape index (κ1) is 14.3. The van der Waals surface area contributed by atoms with Crippen LogP contribution in [0, 0.1) is 5.82 Å². The Morgan fingerprint density at radius 2 is 1.79 bits per heavy atom. The first-order chi connectivity index (χ1) is 8.72. The summed E-state index contributed by atoms with van der Waals surface area (Å²) >= 11 is 0. The molecule has 0 aromatic heterocycles. The zero-order valence-corrected chi connectivity index (χ0v) is 12.2. The molecule has 0 aliphatic carbocycles. The van der Waals surface area contributed by atoms with Gasteiger partial charge >= 0.3 is 0 Å². The highest BCUT2D eigenvalue weighted by atomic mass is 19.1. The fourth-order valence-corrected chi connectivity index (χ4v) is 2.98. The fourth-order valence-electron chi connectivity index (χ4n) is 2.98. The molecule has 0 saturated carbocycles. The van der Waals surface area contributed by atoms with Crippen molar-refractivity contribution in [1.82, 2.24) is 0 Å². The molecule has 3 nitrogen and oxygen atoms in total. The van der Waals surface area contributed by atoms with Crippen LogP contribution in [0.4, 0.5) is 10.1 Å². The van der Waals surface area contributed by atoms with Crippen molar-refractivity contribution in [3.63, 3.8) is 0 Å². The quantitative estimate of drug-likeness (QED) is 0.894. The summed E-state index contributed by atoms with van der Waals surface area (Å²) in [4.78, 5) is 2.24. The summed E-state index contributed by atoms with van der Waals surface area (Å²) in [6.45, 7) is 10.2. The van der Waals surface area contributed by atoms with E-state index in [9.17, 15) is 4.39 Å². The van der Waals surface area contributed by atoms with Gasteiger partial charge in [0.15, 0.2) is 0 Å². The van der Waals surface area contributed by atoms with Crippen molar-refractivity contribution in [2.45, 2.75) is 45.4 Å². The van der Waals surface area contributed by atoms with Gasteiger partial charge in [0.1, 0.15) is 5.82 Å². The van der Waals surface area contributed by atoms with Gasteiger partial charge in [0, 0.05) is 25.3 Å². The van der Waals surface area contributed by atoms with Crippen LogP contribution in [0.25, 0.3) is 0 Å². The number of nitrogens with zero attached hydrogens (tertiary/aromatic N) is 1. The first-order valence-electron chi connectivity index (χ1n) is 6.66. The molecule has 0 amide bonds. The molecule has 0 radical (unpaired) electrons. The summed E-state index contributed by atoms with van der Waals surface area (Å²) in [7, 11) is 0. The Hall–Kier alpha value is -1.13. The van der Waals surface area contributed by atoms with Crippen molar-refractivity contribution in [3.05, 3.63) is 29.6 Å². The zero-order chi connectivity index (χ0) is 14.3. The lowest BCUT2D eigenvalue weighted by Gasteiger charge is -2.48. The highest BCUT2D eigenvalue weighted by Crippen LogP contribution is 2.33. The minimum atomic E-state index is -0.240. The lowest BCUT2D eigenvalue weighted by molar-refractivity contribution is -0.133. The second kappa shape index (κ2) is 4.76. The van der Waals surface area contributed by atoms with Gasteiger partial charge in [0.25, 0.3) is 0 Å². The summed E-state index contributed by atoms with van der Waals surface area (Å²) in [5.41, 5.74) is 7.12. The average Bonchev–Trinajstić information content (AvgIpc) is 2.24. The summed E-state index contributed by atoms with van der Waals surface area (Å²) in [6.07, 6.45) is 0. The molecule has 1 saturated heterocycles. The van der Waals surface area contributed by atoms with Gasteiger partial charge in [-0.3, -0.25) is 0 Å². The summed E-state index contributed by atoms with van der Waals surface area (Å²) in [5.74, 6) is -0.240. The van der Waals surface area contributed by atoms with E-state index in [1.807, 2.05) is 6.07 Å². The van der Waals surface area contributed by atoms with Crippen LogP contribution in [0.5, 0.6) is 0 Å². The number of hydrogen-bond donors (Lipinski definition) is 1. The number of anilines is 1. The summed E-state index contributed by atoms with van der Waals surface area (Å²) in [5, 5.41) is 0. The molecule has 0 atom stereocenters.